The number of hydrogen-bond acceptors (Lipinski definition) is 4. The summed E-state index contributed by atoms with van der Waals surface area (Å²) in [6.45, 7) is 5.74. The van der Waals surface area contributed by atoms with Crippen LogP contribution in [0.1, 0.15) is 31.4 Å². The Morgan fingerprint density at radius 2 is 1.78 bits per heavy atom. The molecule has 2 aromatic carbocycles. The highest BCUT2D eigenvalue weighted by Gasteiger charge is 2.31. The molecule has 174 valence electrons. The van der Waals surface area contributed by atoms with Crippen LogP contribution in [0, 0.1) is 6.92 Å². The van der Waals surface area contributed by atoms with E-state index in [2.05, 4.69) is 5.32 Å². The lowest BCUT2D eigenvalue weighted by molar-refractivity contribution is -0.140. The number of anilines is 1. The molecule has 0 saturated heterocycles. The van der Waals surface area contributed by atoms with E-state index in [0.29, 0.717) is 18.0 Å². The third-order valence-corrected chi connectivity index (χ3v) is 6.49. The molecule has 0 bridgehead atoms. The van der Waals surface area contributed by atoms with Crippen molar-refractivity contribution in [1.29, 1.82) is 0 Å². The Hall–Kier alpha value is -2.58. The van der Waals surface area contributed by atoms with Gasteiger partial charge in [0.1, 0.15) is 12.6 Å². The van der Waals surface area contributed by atoms with Crippen molar-refractivity contribution in [3.63, 3.8) is 0 Å². The second-order valence-corrected chi connectivity index (χ2v) is 9.86. The van der Waals surface area contributed by atoms with Crippen LogP contribution in [0.5, 0.6) is 0 Å². The fourth-order valence-corrected chi connectivity index (χ4v) is 4.45. The molecule has 2 aromatic rings. The minimum Gasteiger partial charge on any atom is -0.355 e. The van der Waals surface area contributed by atoms with Gasteiger partial charge in [0, 0.05) is 18.1 Å². The normalized spacial score (nSPS) is 12.2. The lowest BCUT2D eigenvalue weighted by Crippen LogP contribution is -2.52. The largest absolute Gasteiger partial charge is 0.355 e. The number of aryl methyl sites for hydroxylation is 1. The summed E-state index contributed by atoms with van der Waals surface area (Å²) >= 11 is 6.04. The quantitative estimate of drug-likeness (QED) is 0.566. The number of rotatable bonds is 10. The Bertz CT molecular complexity index is 1060. The number of hydrogen-bond donors (Lipinski definition) is 1. The van der Waals surface area contributed by atoms with Crippen molar-refractivity contribution in [3.05, 3.63) is 64.7 Å². The first kappa shape index (κ1) is 25.7. The molecule has 0 saturated carbocycles. The first-order valence-electron chi connectivity index (χ1n) is 10.4. The van der Waals surface area contributed by atoms with E-state index in [1.54, 1.807) is 18.2 Å². The second-order valence-electron chi connectivity index (χ2n) is 7.52. The molecule has 2 amide bonds. The number of benzene rings is 2. The Kier molecular flexibility index (Phi) is 9.09. The maximum atomic E-state index is 13.5. The minimum absolute atomic E-state index is 0.189. The third-order valence-electron chi connectivity index (χ3n) is 5.11. The van der Waals surface area contributed by atoms with Gasteiger partial charge in [-0.25, -0.2) is 8.42 Å². The molecule has 7 nitrogen and oxygen atoms in total. The van der Waals surface area contributed by atoms with Gasteiger partial charge in [-0.05, 0) is 49.6 Å². The smallest absolute Gasteiger partial charge is 0.244 e. The molecule has 32 heavy (non-hydrogen) atoms. The molecule has 0 radical (unpaired) electrons. The predicted molar refractivity (Wildman–Crippen MR) is 128 cm³/mol. The summed E-state index contributed by atoms with van der Waals surface area (Å²) in [6, 6.07) is 13.2. The van der Waals surface area contributed by atoms with Crippen LogP contribution in [-0.2, 0) is 26.2 Å². The van der Waals surface area contributed by atoms with Crippen LogP contribution >= 0.6 is 11.6 Å². The minimum atomic E-state index is -3.78. The van der Waals surface area contributed by atoms with Crippen molar-refractivity contribution in [2.24, 2.45) is 0 Å². The van der Waals surface area contributed by atoms with Gasteiger partial charge in [0.05, 0.1) is 11.9 Å². The number of sulfonamides is 1. The van der Waals surface area contributed by atoms with Crippen LogP contribution in [0.15, 0.2) is 48.5 Å². The molecule has 2 rings (SSSR count). The van der Waals surface area contributed by atoms with Crippen LogP contribution in [-0.4, -0.2) is 50.5 Å². The fourth-order valence-electron chi connectivity index (χ4n) is 3.43. The molecule has 1 atom stereocenters. The summed E-state index contributed by atoms with van der Waals surface area (Å²) in [5.74, 6) is -0.748. The van der Waals surface area contributed by atoms with Gasteiger partial charge in [-0.3, -0.25) is 13.9 Å². The zero-order valence-electron chi connectivity index (χ0n) is 18.8. The van der Waals surface area contributed by atoms with E-state index in [9.17, 15) is 18.0 Å². The Labute approximate surface area is 195 Å². The second kappa shape index (κ2) is 11.3. The number of halogens is 1. The molecule has 1 N–H and O–H groups in total. The van der Waals surface area contributed by atoms with Gasteiger partial charge in [0.25, 0.3) is 0 Å². The first-order chi connectivity index (χ1) is 15.1. The van der Waals surface area contributed by atoms with Gasteiger partial charge in [0.2, 0.25) is 21.8 Å². The molecule has 0 aliphatic heterocycles. The molecule has 9 heteroatoms. The van der Waals surface area contributed by atoms with Crippen LogP contribution in [0.3, 0.4) is 0 Å². The molecule has 0 heterocycles. The van der Waals surface area contributed by atoms with Gasteiger partial charge >= 0.3 is 0 Å². The highest BCUT2D eigenvalue weighted by atomic mass is 35.5. The number of likely N-dealkylation sites (N-methyl/N-ethyl adjacent to an activating group) is 1. The van der Waals surface area contributed by atoms with Crippen molar-refractivity contribution >= 4 is 39.1 Å². The average Bonchev–Trinajstić information content (AvgIpc) is 2.72. The summed E-state index contributed by atoms with van der Waals surface area (Å²) in [5.41, 5.74) is 2.15. The van der Waals surface area contributed by atoms with E-state index in [-0.39, 0.29) is 18.1 Å². The van der Waals surface area contributed by atoms with E-state index in [0.717, 1.165) is 21.7 Å². The zero-order valence-corrected chi connectivity index (χ0v) is 20.4. The van der Waals surface area contributed by atoms with Crippen LogP contribution in [0.2, 0.25) is 5.02 Å². The molecular weight excluding hydrogens is 450 g/mol. The number of nitrogens with one attached hydrogen (secondary N) is 1. The van der Waals surface area contributed by atoms with Gasteiger partial charge in [-0.15, -0.1) is 0 Å². The Balaban J connectivity index is 2.45. The molecule has 0 aromatic heterocycles. The van der Waals surface area contributed by atoms with Crippen LogP contribution < -0.4 is 9.62 Å². The summed E-state index contributed by atoms with van der Waals surface area (Å²) in [4.78, 5) is 27.7. The highest BCUT2D eigenvalue weighted by molar-refractivity contribution is 7.92. The van der Waals surface area contributed by atoms with Crippen LogP contribution in [0.25, 0.3) is 0 Å². The summed E-state index contributed by atoms with van der Waals surface area (Å²) in [6.07, 6.45) is 1.42. The molecule has 0 aliphatic rings. The maximum absolute atomic E-state index is 13.5. The van der Waals surface area contributed by atoms with E-state index in [4.69, 9.17) is 11.6 Å². The standard InChI is InChI=1S/C23H30ClN3O4S/c1-5-21(23(29)25-6-2)26(15-18-11-8-7-10-17(18)3)22(28)16-27(32(4,30)31)20-13-9-12-19(24)14-20/h7-14,21H,5-6,15-16H2,1-4H3,(H,25,29)/t21-/m0/s1. The Morgan fingerprint density at radius 1 is 1.09 bits per heavy atom. The van der Waals surface area contributed by atoms with E-state index >= 15 is 0 Å². The van der Waals surface area contributed by atoms with E-state index < -0.39 is 28.5 Å². The lowest BCUT2D eigenvalue weighted by Gasteiger charge is -2.33. The van der Waals surface area contributed by atoms with E-state index in [1.165, 1.54) is 11.0 Å². The Morgan fingerprint density at radius 3 is 2.34 bits per heavy atom. The molecule has 0 aliphatic carbocycles. The van der Waals surface area contributed by atoms with Crippen molar-refractivity contribution in [2.75, 3.05) is 23.7 Å². The fraction of sp³-hybridized carbons (Fsp3) is 0.391. The van der Waals surface area contributed by atoms with Gasteiger partial charge in [-0.1, -0.05) is 48.9 Å². The van der Waals surface area contributed by atoms with Crippen molar-refractivity contribution in [2.45, 2.75) is 39.8 Å². The number of nitrogens with zero attached hydrogens (tertiary/aromatic N) is 2. The predicted octanol–water partition coefficient (Wildman–Crippen LogP) is 3.36. The number of carbonyl (C=O) groups excluding carboxylic acids is 2. The summed E-state index contributed by atoms with van der Waals surface area (Å²) in [5, 5.41) is 3.13. The third kappa shape index (κ3) is 6.71. The average molecular weight is 480 g/mol. The van der Waals surface area contributed by atoms with Crippen LogP contribution in [0.4, 0.5) is 5.69 Å². The summed E-state index contributed by atoms with van der Waals surface area (Å²) in [7, 11) is -3.78. The van der Waals surface area contributed by atoms with Crippen molar-refractivity contribution < 1.29 is 18.0 Å². The topological polar surface area (TPSA) is 86.8 Å². The SMILES string of the molecule is CCNC(=O)[C@H](CC)N(Cc1ccccc1C)C(=O)CN(c1cccc(Cl)c1)S(C)(=O)=O. The van der Waals surface area contributed by atoms with Gasteiger partial charge in [-0.2, -0.15) is 0 Å². The van der Waals surface area contributed by atoms with Crippen molar-refractivity contribution in [3.8, 4) is 0 Å². The lowest BCUT2D eigenvalue weighted by atomic mass is 10.1. The highest BCUT2D eigenvalue weighted by Crippen LogP contribution is 2.23. The monoisotopic (exact) mass is 479 g/mol. The molecule has 0 spiro atoms. The number of amides is 2. The van der Waals surface area contributed by atoms with E-state index in [1.807, 2.05) is 45.0 Å². The maximum Gasteiger partial charge on any atom is 0.244 e. The molecular formula is C23H30ClN3O4S. The molecule has 0 unspecified atom stereocenters. The number of carbonyl (C=O) groups is 2. The van der Waals surface area contributed by atoms with Crippen molar-refractivity contribution in [1.82, 2.24) is 10.2 Å². The first-order valence-corrected chi connectivity index (χ1v) is 12.7. The zero-order chi connectivity index (χ0) is 23.9. The summed E-state index contributed by atoms with van der Waals surface area (Å²) < 4.78 is 26.1. The molecule has 0 fully saturated rings. The van der Waals surface area contributed by atoms with Gasteiger partial charge in [0.15, 0.2) is 0 Å². The van der Waals surface area contributed by atoms with Gasteiger partial charge < -0.3 is 10.2 Å².